The molecule has 1 aromatic rings. The van der Waals surface area contributed by atoms with Gasteiger partial charge in [-0.25, -0.2) is 0 Å². The van der Waals surface area contributed by atoms with Gasteiger partial charge in [-0.05, 0) is 52.6 Å². The molecule has 90 valence electrons. The maximum absolute atomic E-state index is 3.52. The van der Waals surface area contributed by atoms with Crippen LogP contribution >= 0.6 is 11.3 Å². The highest BCUT2D eigenvalue weighted by atomic mass is 32.1. The molecule has 0 spiro atoms. The molecule has 1 heterocycles. The van der Waals surface area contributed by atoms with Crippen LogP contribution in [0.25, 0.3) is 0 Å². The van der Waals surface area contributed by atoms with E-state index >= 15 is 0 Å². The van der Waals surface area contributed by atoms with Gasteiger partial charge in [-0.2, -0.15) is 11.3 Å². The molecule has 1 aliphatic carbocycles. The first-order valence-electron chi connectivity index (χ1n) is 6.09. The van der Waals surface area contributed by atoms with Gasteiger partial charge in [0.25, 0.3) is 0 Å². The quantitative estimate of drug-likeness (QED) is 0.844. The fraction of sp³-hybridized carbons (Fsp3) is 0.714. The number of likely N-dealkylation sites (N-methyl/N-ethyl adjacent to an activating group) is 1. The van der Waals surface area contributed by atoms with Crippen molar-refractivity contribution in [3.05, 3.63) is 22.4 Å². The molecule has 1 unspecified atom stereocenters. The van der Waals surface area contributed by atoms with Crippen LogP contribution in [0.5, 0.6) is 0 Å². The van der Waals surface area contributed by atoms with E-state index in [2.05, 4.69) is 56.9 Å². The molecule has 0 saturated heterocycles. The lowest BCUT2D eigenvalue weighted by Crippen LogP contribution is -2.32. The van der Waals surface area contributed by atoms with Crippen molar-refractivity contribution in [1.82, 2.24) is 5.32 Å². The van der Waals surface area contributed by atoms with Crippen molar-refractivity contribution >= 4 is 11.3 Å². The van der Waals surface area contributed by atoms with Gasteiger partial charge in [0.15, 0.2) is 0 Å². The zero-order valence-corrected chi connectivity index (χ0v) is 11.8. The highest BCUT2D eigenvalue weighted by molar-refractivity contribution is 7.07. The van der Waals surface area contributed by atoms with E-state index in [1.807, 2.05) is 0 Å². The molecular formula is C14H23NS. The lowest BCUT2D eigenvalue weighted by molar-refractivity contribution is 0.421. The van der Waals surface area contributed by atoms with E-state index in [1.165, 1.54) is 5.56 Å². The van der Waals surface area contributed by atoms with Crippen molar-refractivity contribution < 1.29 is 0 Å². The van der Waals surface area contributed by atoms with Gasteiger partial charge in [0.1, 0.15) is 0 Å². The molecule has 0 radical (unpaired) electrons. The Hall–Kier alpha value is -0.340. The van der Waals surface area contributed by atoms with Gasteiger partial charge in [0.2, 0.25) is 0 Å². The molecule has 0 aliphatic heterocycles. The Balaban J connectivity index is 2.08. The molecule has 1 aliphatic rings. The van der Waals surface area contributed by atoms with E-state index in [9.17, 15) is 0 Å². The molecular weight excluding hydrogens is 214 g/mol. The third-order valence-electron chi connectivity index (χ3n) is 4.94. The van der Waals surface area contributed by atoms with E-state index < -0.39 is 0 Å². The molecule has 1 aromatic heterocycles. The summed E-state index contributed by atoms with van der Waals surface area (Å²) in [4.78, 5) is 0. The summed E-state index contributed by atoms with van der Waals surface area (Å²) in [5.74, 6) is 0.782. The first-order chi connectivity index (χ1) is 7.41. The van der Waals surface area contributed by atoms with Crippen LogP contribution in [0.3, 0.4) is 0 Å². The summed E-state index contributed by atoms with van der Waals surface area (Å²) in [5, 5.41) is 7.96. The minimum atomic E-state index is 0.469. The second-order valence-electron chi connectivity index (χ2n) is 6.15. The molecule has 0 bridgehead atoms. The van der Waals surface area contributed by atoms with E-state index in [0.29, 0.717) is 16.9 Å². The molecule has 2 rings (SSSR count). The number of nitrogens with one attached hydrogen (secondary N) is 1. The van der Waals surface area contributed by atoms with Crippen molar-refractivity contribution in [1.29, 1.82) is 0 Å². The SMILES string of the molecule is CNC(Cc1ccsc1)C1C(C)(C)C1(C)C. The van der Waals surface area contributed by atoms with Gasteiger partial charge >= 0.3 is 0 Å². The van der Waals surface area contributed by atoms with E-state index in [0.717, 1.165) is 12.3 Å². The summed E-state index contributed by atoms with van der Waals surface area (Å²) >= 11 is 1.80. The largest absolute Gasteiger partial charge is 0.316 e. The van der Waals surface area contributed by atoms with E-state index in [1.54, 1.807) is 11.3 Å². The maximum Gasteiger partial charge on any atom is 0.0144 e. The Morgan fingerprint density at radius 2 is 1.94 bits per heavy atom. The van der Waals surface area contributed by atoms with E-state index in [4.69, 9.17) is 0 Å². The first-order valence-corrected chi connectivity index (χ1v) is 7.04. The Kier molecular flexibility index (Phi) is 2.92. The zero-order chi connectivity index (χ0) is 12.0. The summed E-state index contributed by atoms with van der Waals surface area (Å²) in [6.45, 7) is 9.59. The Morgan fingerprint density at radius 3 is 2.31 bits per heavy atom. The van der Waals surface area contributed by atoms with Crippen LogP contribution in [0.2, 0.25) is 0 Å². The summed E-state index contributed by atoms with van der Waals surface area (Å²) in [6, 6.07) is 2.86. The van der Waals surface area contributed by atoms with Gasteiger partial charge in [0, 0.05) is 6.04 Å². The minimum absolute atomic E-state index is 0.469. The van der Waals surface area contributed by atoms with Crippen LogP contribution in [0.1, 0.15) is 33.3 Å². The van der Waals surface area contributed by atoms with Crippen molar-refractivity contribution in [2.45, 2.75) is 40.2 Å². The average molecular weight is 237 g/mol. The predicted molar refractivity (Wildman–Crippen MR) is 71.9 cm³/mol. The van der Waals surface area contributed by atoms with Gasteiger partial charge in [-0.1, -0.05) is 27.7 Å². The second-order valence-corrected chi connectivity index (χ2v) is 6.93. The summed E-state index contributed by atoms with van der Waals surface area (Å²) in [7, 11) is 2.10. The standard InChI is InChI=1S/C14H23NS/c1-13(2)12(14(13,3)4)11(15-5)8-10-6-7-16-9-10/h6-7,9,11-12,15H,8H2,1-5H3. The van der Waals surface area contributed by atoms with Crippen molar-refractivity contribution in [2.24, 2.45) is 16.7 Å². The molecule has 1 saturated carbocycles. The van der Waals surface area contributed by atoms with Crippen molar-refractivity contribution in [3.8, 4) is 0 Å². The molecule has 1 atom stereocenters. The lowest BCUT2D eigenvalue weighted by atomic mass is 9.98. The van der Waals surface area contributed by atoms with Crippen LogP contribution in [0.15, 0.2) is 16.8 Å². The van der Waals surface area contributed by atoms with Gasteiger partial charge in [-0.15, -0.1) is 0 Å². The Bertz CT molecular complexity index is 337. The molecule has 1 fully saturated rings. The first kappa shape index (κ1) is 12.1. The van der Waals surface area contributed by atoms with Crippen molar-refractivity contribution in [3.63, 3.8) is 0 Å². The topological polar surface area (TPSA) is 12.0 Å². The minimum Gasteiger partial charge on any atom is -0.316 e. The average Bonchev–Trinajstić information content (AvgIpc) is 2.63. The maximum atomic E-state index is 3.52. The molecule has 2 heteroatoms. The normalized spacial score (nSPS) is 24.3. The second kappa shape index (κ2) is 3.85. The van der Waals surface area contributed by atoms with Crippen molar-refractivity contribution in [2.75, 3.05) is 7.05 Å². The Labute approximate surface area is 103 Å². The molecule has 1 N–H and O–H groups in total. The van der Waals surface area contributed by atoms with Crippen LogP contribution in [-0.4, -0.2) is 13.1 Å². The van der Waals surface area contributed by atoms with Gasteiger partial charge in [0.05, 0.1) is 0 Å². The number of hydrogen-bond acceptors (Lipinski definition) is 2. The fourth-order valence-corrected chi connectivity index (χ4v) is 3.98. The summed E-state index contributed by atoms with van der Waals surface area (Å²) < 4.78 is 0. The fourth-order valence-electron chi connectivity index (χ4n) is 3.30. The highest BCUT2D eigenvalue weighted by Crippen LogP contribution is 2.69. The Morgan fingerprint density at radius 1 is 1.31 bits per heavy atom. The van der Waals surface area contributed by atoms with Crippen LogP contribution < -0.4 is 5.32 Å². The molecule has 0 amide bonds. The molecule has 0 aromatic carbocycles. The van der Waals surface area contributed by atoms with Gasteiger partial charge in [-0.3, -0.25) is 0 Å². The lowest BCUT2D eigenvalue weighted by Gasteiger charge is -2.18. The van der Waals surface area contributed by atoms with Crippen LogP contribution in [0, 0.1) is 16.7 Å². The van der Waals surface area contributed by atoms with E-state index in [-0.39, 0.29) is 0 Å². The smallest absolute Gasteiger partial charge is 0.0144 e. The highest BCUT2D eigenvalue weighted by Gasteiger charge is 2.66. The number of rotatable bonds is 4. The predicted octanol–water partition coefficient (Wildman–Crippen LogP) is 3.56. The summed E-state index contributed by atoms with van der Waals surface area (Å²) in [6.07, 6.45) is 1.16. The number of thiophene rings is 1. The molecule has 16 heavy (non-hydrogen) atoms. The molecule has 1 nitrogen and oxygen atoms in total. The summed E-state index contributed by atoms with van der Waals surface area (Å²) in [5.41, 5.74) is 2.41. The third-order valence-corrected chi connectivity index (χ3v) is 5.67. The number of hydrogen-bond donors (Lipinski definition) is 1. The zero-order valence-electron chi connectivity index (χ0n) is 11.0. The third kappa shape index (κ3) is 1.72. The van der Waals surface area contributed by atoms with Crippen LogP contribution in [-0.2, 0) is 6.42 Å². The van der Waals surface area contributed by atoms with Gasteiger partial charge < -0.3 is 5.32 Å². The van der Waals surface area contributed by atoms with Crippen LogP contribution in [0.4, 0.5) is 0 Å². The monoisotopic (exact) mass is 237 g/mol.